The largest absolute Gasteiger partial charge is 0.444 e. The lowest BCUT2D eigenvalue weighted by Gasteiger charge is -2.15. The van der Waals surface area contributed by atoms with Gasteiger partial charge in [0.1, 0.15) is 5.76 Å². The molecule has 5 heteroatoms. The molecule has 0 amide bonds. The summed E-state index contributed by atoms with van der Waals surface area (Å²) >= 11 is 0. The number of rotatable bonds is 7. The fraction of sp³-hybridized carbons (Fsp3) is 0.727. The molecular formula is C11H21N3O2. The topological polar surface area (TPSA) is 61.5 Å². The molecule has 0 spiro atoms. The van der Waals surface area contributed by atoms with Crippen molar-refractivity contribution >= 4 is 0 Å². The third-order valence-corrected chi connectivity index (χ3v) is 2.18. The Morgan fingerprint density at radius 1 is 1.56 bits per heavy atom. The van der Waals surface area contributed by atoms with Crippen LogP contribution < -0.4 is 5.32 Å². The van der Waals surface area contributed by atoms with Crippen molar-refractivity contribution in [1.29, 1.82) is 0 Å². The molecule has 0 aliphatic rings. The van der Waals surface area contributed by atoms with E-state index in [-0.39, 0.29) is 6.10 Å². The normalized spacial score (nSPS) is 13.3. The second-order valence-corrected chi connectivity index (χ2v) is 4.12. The van der Waals surface area contributed by atoms with Crippen molar-refractivity contribution in [2.45, 2.75) is 26.0 Å². The number of aliphatic hydroxyl groups excluding tert-OH is 1. The summed E-state index contributed by atoms with van der Waals surface area (Å²) in [5.41, 5.74) is 0. The van der Waals surface area contributed by atoms with Crippen LogP contribution in [0.1, 0.15) is 18.6 Å². The number of aryl methyl sites for hydroxylation is 1. The summed E-state index contributed by atoms with van der Waals surface area (Å²) in [6.45, 7) is 3.78. The maximum Gasteiger partial charge on any atom is 0.208 e. The van der Waals surface area contributed by atoms with E-state index in [1.165, 1.54) is 0 Å². The van der Waals surface area contributed by atoms with E-state index in [0.29, 0.717) is 25.5 Å². The van der Waals surface area contributed by atoms with Crippen LogP contribution in [0.4, 0.5) is 0 Å². The Kier molecular flexibility index (Phi) is 5.45. The van der Waals surface area contributed by atoms with Crippen molar-refractivity contribution in [2.24, 2.45) is 0 Å². The quantitative estimate of drug-likeness (QED) is 0.699. The van der Waals surface area contributed by atoms with Gasteiger partial charge in [0.15, 0.2) is 0 Å². The van der Waals surface area contributed by atoms with Gasteiger partial charge >= 0.3 is 0 Å². The van der Waals surface area contributed by atoms with Gasteiger partial charge in [-0.3, -0.25) is 0 Å². The fourth-order valence-electron chi connectivity index (χ4n) is 1.42. The van der Waals surface area contributed by atoms with Gasteiger partial charge in [0.05, 0.1) is 18.8 Å². The summed E-state index contributed by atoms with van der Waals surface area (Å²) in [6.07, 6.45) is 2.24. The number of hydrogen-bond acceptors (Lipinski definition) is 5. The van der Waals surface area contributed by atoms with Gasteiger partial charge in [-0.1, -0.05) is 6.92 Å². The molecule has 1 aromatic rings. The summed E-state index contributed by atoms with van der Waals surface area (Å²) in [7, 11) is 3.87. The van der Waals surface area contributed by atoms with Gasteiger partial charge in [-0.25, -0.2) is 4.98 Å². The van der Waals surface area contributed by atoms with E-state index < -0.39 is 0 Å². The Morgan fingerprint density at radius 2 is 2.31 bits per heavy atom. The Morgan fingerprint density at radius 3 is 2.88 bits per heavy atom. The van der Waals surface area contributed by atoms with E-state index in [0.717, 1.165) is 12.2 Å². The van der Waals surface area contributed by atoms with E-state index >= 15 is 0 Å². The molecule has 0 aliphatic heterocycles. The summed E-state index contributed by atoms with van der Waals surface area (Å²) in [5, 5.41) is 12.7. The summed E-state index contributed by atoms with van der Waals surface area (Å²) in [4.78, 5) is 6.07. The van der Waals surface area contributed by atoms with Crippen LogP contribution in [0.25, 0.3) is 0 Å². The number of aromatic nitrogens is 1. The minimum Gasteiger partial charge on any atom is -0.444 e. The molecule has 1 unspecified atom stereocenters. The molecule has 16 heavy (non-hydrogen) atoms. The van der Waals surface area contributed by atoms with Crippen LogP contribution in [0.15, 0.2) is 10.6 Å². The van der Waals surface area contributed by atoms with Crippen LogP contribution in [0.5, 0.6) is 0 Å². The van der Waals surface area contributed by atoms with Gasteiger partial charge in [-0.2, -0.15) is 0 Å². The number of hydrogen-bond donors (Lipinski definition) is 2. The Bertz CT molecular complexity index is 299. The molecule has 0 aliphatic carbocycles. The number of oxazole rings is 1. The van der Waals surface area contributed by atoms with Crippen LogP contribution in [0, 0.1) is 0 Å². The molecule has 92 valence electrons. The minimum atomic E-state index is -0.365. The maximum atomic E-state index is 9.59. The first-order valence-electron chi connectivity index (χ1n) is 5.59. The molecule has 1 heterocycles. The van der Waals surface area contributed by atoms with E-state index in [2.05, 4.69) is 10.3 Å². The molecule has 0 bridgehead atoms. The molecule has 0 saturated heterocycles. The highest BCUT2D eigenvalue weighted by molar-refractivity contribution is 4.93. The molecular weight excluding hydrogens is 206 g/mol. The monoisotopic (exact) mass is 227 g/mol. The van der Waals surface area contributed by atoms with Gasteiger partial charge in [0, 0.05) is 19.5 Å². The van der Waals surface area contributed by atoms with E-state index in [1.807, 2.05) is 25.9 Å². The predicted octanol–water partition coefficient (Wildman–Crippen LogP) is 0.249. The average molecular weight is 227 g/mol. The zero-order chi connectivity index (χ0) is 12.0. The molecule has 5 nitrogen and oxygen atoms in total. The van der Waals surface area contributed by atoms with Crippen LogP contribution in [-0.2, 0) is 13.0 Å². The fourth-order valence-corrected chi connectivity index (χ4v) is 1.42. The van der Waals surface area contributed by atoms with Gasteiger partial charge in [0.2, 0.25) is 5.89 Å². The van der Waals surface area contributed by atoms with Gasteiger partial charge < -0.3 is 19.7 Å². The first-order valence-corrected chi connectivity index (χ1v) is 5.59. The van der Waals surface area contributed by atoms with Gasteiger partial charge in [0.25, 0.3) is 0 Å². The first-order chi connectivity index (χ1) is 7.61. The van der Waals surface area contributed by atoms with Crippen molar-refractivity contribution in [3.63, 3.8) is 0 Å². The maximum absolute atomic E-state index is 9.59. The number of nitrogens with zero attached hydrogens (tertiary/aromatic N) is 2. The standard InChI is InChI=1S/C11H21N3O2/c1-4-10-6-13-11(16-10)7-12-5-9(15)8-14(2)3/h6,9,12,15H,4-5,7-8H2,1-3H3. The lowest BCUT2D eigenvalue weighted by Crippen LogP contribution is -2.34. The Labute approximate surface area is 96.5 Å². The number of aliphatic hydroxyl groups is 1. The third kappa shape index (κ3) is 4.74. The van der Waals surface area contributed by atoms with Crippen LogP contribution >= 0.6 is 0 Å². The smallest absolute Gasteiger partial charge is 0.208 e. The van der Waals surface area contributed by atoms with Crippen LogP contribution in [0.2, 0.25) is 0 Å². The molecule has 2 N–H and O–H groups in total. The third-order valence-electron chi connectivity index (χ3n) is 2.18. The van der Waals surface area contributed by atoms with E-state index in [1.54, 1.807) is 6.20 Å². The summed E-state index contributed by atoms with van der Waals surface area (Å²) < 4.78 is 5.43. The zero-order valence-electron chi connectivity index (χ0n) is 10.2. The van der Waals surface area contributed by atoms with Crippen molar-refractivity contribution in [3.8, 4) is 0 Å². The second kappa shape index (κ2) is 6.62. The summed E-state index contributed by atoms with van der Waals surface area (Å²) in [5.74, 6) is 1.57. The Hall–Kier alpha value is -0.910. The lowest BCUT2D eigenvalue weighted by molar-refractivity contribution is 0.134. The first kappa shape index (κ1) is 13.2. The molecule has 1 atom stereocenters. The molecule has 1 rings (SSSR count). The van der Waals surface area contributed by atoms with Gasteiger partial charge in [-0.05, 0) is 14.1 Å². The average Bonchev–Trinajstić information content (AvgIpc) is 2.64. The predicted molar refractivity (Wildman–Crippen MR) is 62.1 cm³/mol. The highest BCUT2D eigenvalue weighted by Gasteiger charge is 2.06. The molecule has 0 saturated carbocycles. The highest BCUT2D eigenvalue weighted by Crippen LogP contribution is 2.03. The highest BCUT2D eigenvalue weighted by atomic mass is 16.4. The lowest BCUT2D eigenvalue weighted by atomic mass is 10.3. The molecule has 0 radical (unpaired) electrons. The molecule has 0 aromatic carbocycles. The van der Waals surface area contributed by atoms with Crippen molar-refractivity contribution < 1.29 is 9.52 Å². The SMILES string of the molecule is CCc1cnc(CNCC(O)CN(C)C)o1. The molecule has 1 aromatic heterocycles. The van der Waals surface area contributed by atoms with Crippen molar-refractivity contribution in [3.05, 3.63) is 17.8 Å². The molecule has 0 fully saturated rings. The number of nitrogens with one attached hydrogen (secondary N) is 1. The van der Waals surface area contributed by atoms with E-state index in [4.69, 9.17) is 4.42 Å². The number of likely N-dealkylation sites (N-methyl/N-ethyl adjacent to an activating group) is 1. The van der Waals surface area contributed by atoms with Crippen molar-refractivity contribution in [1.82, 2.24) is 15.2 Å². The van der Waals surface area contributed by atoms with Gasteiger partial charge in [-0.15, -0.1) is 0 Å². The Balaban J connectivity index is 2.19. The summed E-state index contributed by atoms with van der Waals surface area (Å²) in [6, 6.07) is 0. The zero-order valence-corrected chi connectivity index (χ0v) is 10.2. The van der Waals surface area contributed by atoms with Crippen molar-refractivity contribution in [2.75, 3.05) is 27.2 Å². The van der Waals surface area contributed by atoms with Crippen LogP contribution in [0.3, 0.4) is 0 Å². The minimum absolute atomic E-state index is 0.365. The second-order valence-electron chi connectivity index (χ2n) is 4.12. The van der Waals surface area contributed by atoms with Crippen LogP contribution in [-0.4, -0.2) is 48.3 Å². The van der Waals surface area contributed by atoms with E-state index in [9.17, 15) is 5.11 Å².